The van der Waals surface area contributed by atoms with Gasteiger partial charge in [-0.25, -0.2) is 12.8 Å². The quantitative estimate of drug-likeness (QED) is 0.694. The van der Waals surface area contributed by atoms with Gasteiger partial charge in [0.25, 0.3) is 15.7 Å². The molecule has 0 bridgehead atoms. The second-order valence-electron chi connectivity index (χ2n) is 4.34. The average Bonchev–Trinajstić information content (AvgIpc) is 2.40. The van der Waals surface area contributed by atoms with E-state index in [4.69, 9.17) is 0 Å². The maximum atomic E-state index is 12.8. The Hall–Kier alpha value is -2.48. The standard InChI is InChI=1S/C13H11FN2O4S/c1-9-2-7-13(12(8-9)16(17)18)21(19,20)15-11-5-3-10(14)4-6-11/h2-8,15H,1H3. The van der Waals surface area contributed by atoms with Crippen LogP contribution in [-0.4, -0.2) is 13.3 Å². The van der Waals surface area contributed by atoms with E-state index >= 15 is 0 Å². The average molecular weight is 310 g/mol. The Morgan fingerprint density at radius 3 is 2.33 bits per heavy atom. The molecule has 0 aliphatic heterocycles. The van der Waals surface area contributed by atoms with Gasteiger partial charge in [-0.1, -0.05) is 6.07 Å². The lowest BCUT2D eigenvalue weighted by Crippen LogP contribution is -2.14. The van der Waals surface area contributed by atoms with E-state index in [9.17, 15) is 22.9 Å². The number of nitrogens with zero attached hydrogens (tertiary/aromatic N) is 1. The van der Waals surface area contributed by atoms with Crippen LogP contribution in [0.25, 0.3) is 0 Å². The number of nitro benzene ring substituents is 1. The summed E-state index contributed by atoms with van der Waals surface area (Å²) in [4.78, 5) is 9.78. The monoisotopic (exact) mass is 310 g/mol. The predicted molar refractivity (Wildman–Crippen MR) is 75.0 cm³/mol. The van der Waals surface area contributed by atoms with Crippen LogP contribution >= 0.6 is 0 Å². The Balaban J connectivity index is 2.44. The summed E-state index contributed by atoms with van der Waals surface area (Å²) in [5.41, 5.74) is 0.179. The molecule has 0 heterocycles. The Bertz CT molecular complexity index is 788. The number of hydrogen-bond donors (Lipinski definition) is 1. The van der Waals surface area contributed by atoms with Gasteiger partial charge in [-0.2, -0.15) is 0 Å². The smallest absolute Gasteiger partial charge is 0.279 e. The molecule has 0 atom stereocenters. The second kappa shape index (κ2) is 5.49. The van der Waals surface area contributed by atoms with E-state index < -0.39 is 31.3 Å². The molecule has 0 aliphatic carbocycles. The summed E-state index contributed by atoms with van der Waals surface area (Å²) in [6.45, 7) is 1.62. The minimum Gasteiger partial charge on any atom is -0.279 e. The van der Waals surface area contributed by atoms with E-state index in [1.165, 1.54) is 30.3 Å². The van der Waals surface area contributed by atoms with Crippen molar-refractivity contribution >= 4 is 21.4 Å². The number of nitrogens with one attached hydrogen (secondary N) is 1. The maximum absolute atomic E-state index is 12.8. The minimum absolute atomic E-state index is 0.117. The number of aryl methyl sites for hydroxylation is 1. The highest BCUT2D eigenvalue weighted by molar-refractivity contribution is 7.92. The molecule has 0 spiro atoms. The first-order valence-electron chi connectivity index (χ1n) is 5.83. The lowest BCUT2D eigenvalue weighted by Gasteiger charge is -2.09. The normalized spacial score (nSPS) is 11.1. The number of benzene rings is 2. The fraction of sp³-hybridized carbons (Fsp3) is 0.0769. The number of nitro groups is 1. The van der Waals surface area contributed by atoms with Crippen LogP contribution in [0.4, 0.5) is 15.8 Å². The van der Waals surface area contributed by atoms with Crippen LogP contribution in [0.1, 0.15) is 5.56 Å². The lowest BCUT2D eigenvalue weighted by atomic mass is 10.2. The van der Waals surface area contributed by atoms with Gasteiger partial charge >= 0.3 is 0 Å². The van der Waals surface area contributed by atoms with Crippen LogP contribution in [0.5, 0.6) is 0 Å². The van der Waals surface area contributed by atoms with Crippen LogP contribution in [0.3, 0.4) is 0 Å². The van der Waals surface area contributed by atoms with Crippen molar-refractivity contribution in [1.29, 1.82) is 0 Å². The SMILES string of the molecule is Cc1ccc(S(=O)(=O)Nc2ccc(F)cc2)c([N+](=O)[O-])c1. The van der Waals surface area contributed by atoms with Crippen LogP contribution in [-0.2, 0) is 10.0 Å². The molecule has 0 aliphatic rings. The third-order valence-electron chi connectivity index (χ3n) is 2.70. The molecule has 8 heteroatoms. The molecule has 2 aromatic carbocycles. The number of rotatable bonds is 4. The fourth-order valence-electron chi connectivity index (χ4n) is 1.73. The molecule has 6 nitrogen and oxygen atoms in total. The Morgan fingerprint density at radius 1 is 1.14 bits per heavy atom. The summed E-state index contributed by atoms with van der Waals surface area (Å²) < 4.78 is 39.4. The summed E-state index contributed by atoms with van der Waals surface area (Å²) in [6, 6.07) is 8.44. The molecule has 21 heavy (non-hydrogen) atoms. The first-order chi connectivity index (χ1) is 9.79. The van der Waals surface area contributed by atoms with E-state index in [1.807, 2.05) is 0 Å². The van der Waals surface area contributed by atoms with Crippen LogP contribution < -0.4 is 4.72 Å². The van der Waals surface area contributed by atoms with Crippen molar-refractivity contribution < 1.29 is 17.7 Å². The Labute approximate surface area is 120 Å². The van der Waals surface area contributed by atoms with Crippen molar-refractivity contribution in [3.8, 4) is 0 Å². The van der Waals surface area contributed by atoms with Crippen LogP contribution in [0.2, 0.25) is 0 Å². The van der Waals surface area contributed by atoms with Crippen molar-refractivity contribution in [2.75, 3.05) is 4.72 Å². The van der Waals surface area contributed by atoms with Crippen LogP contribution in [0.15, 0.2) is 47.4 Å². The molecular formula is C13H11FN2O4S. The zero-order chi connectivity index (χ0) is 15.6. The third kappa shape index (κ3) is 3.34. The van der Waals surface area contributed by atoms with E-state index in [2.05, 4.69) is 4.72 Å². The number of anilines is 1. The highest BCUT2D eigenvalue weighted by atomic mass is 32.2. The summed E-state index contributed by atoms with van der Waals surface area (Å²) in [6.07, 6.45) is 0. The van der Waals surface area contributed by atoms with Gasteiger partial charge in [0.05, 0.1) is 4.92 Å². The molecule has 1 N–H and O–H groups in total. The van der Waals surface area contributed by atoms with E-state index in [1.54, 1.807) is 6.92 Å². The van der Waals surface area contributed by atoms with E-state index in [0.29, 0.717) is 5.56 Å². The molecule has 0 radical (unpaired) electrons. The largest absolute Gasteiger partial charge is 0.290 e. The Kier molecular flexibility index (Phi) is 3.90. The van der Waals surface area contributed by atoms with Crippen molar-refractivity contribution in [3.63, 3.8) is 0 Å². The number of halogens is 1. The van der Waals surface area contributed by atoms with Crippen molar-refractivity contribution in [1.82, 2.24) is 0 Å². The maximum Gasteiger partial charge on any atom is 0.290 e. The van der Waals surface area contributed by atoms with Gasteiger partial charge in [-0.3, -0.25) is 14.8 Å². The lowest BCUT2D eigenvalue weighted by molar-refractivity contribution is -0.387. The summed E-state index contributed by atoms with van der Waals surface area (Å²) >= 11 is 0. The molecule has 2 aromatic rings. The van der Waals surface area contributed by atoms with Crippen molar-refractivity contribution in [2.24, 2.45) is 0 Å². The molecule has 0 amide bonds. The zero-order valence-electron chi connectivity index (χ0n) is 10.9. The highest BCUT2D eigenvalue weighted by Crippen LogP contribution is 2.26. The van der Waals surface area contributed by atoms with Crippen molar-refractivity contribution in [3.05, 3.63) is 64.0 Å². The van der Waals surface area contributed by atoms with E-state index in [0.717, 1.165) is 12.1 Å². The fourth-order valence-corrected chi connectivity index (χ4v) is 2.94. The van der Waals surface area contributed by atoms with Gasteiger partial charge in [0.1, 0.15) is 5.82 Å². The molecule has 2 rings (SSSR count). The number of hydrogen-bond acceptors (Lipinski definition) is 4. The summed E-state index contributed by atoms with van der Waals surface area (Å²) in [5, 5.41) is 11.0. The number of sulfonamides is 1. The first-order valence-corrected chi connectivity index (χ1v) is 7.31. The molecule has 0 saturated carbocycles. The van der Waals surface area contributed by atoms with Gasteiger partial charge in [0.2, 0.25) is 0 Å². The summed E-state index contributed by atoms with van der Waals surface area (Å²) in [5.74, 6) is -0.515. The van der Waals surface area contributed by atoms with E-state index in [-0.39, 0.29) is 5.69 Å². The molecule has 110 valence electrons. The van der Waals surface area contributed by atoms with Gasteiger partial charge in [0, 0.05) is 11.8 Å². The molecule has 0 saturated heterocycles. The van der Waals surface area contributed by atoms with Gasteiger partial charge in [0.15, 0.2) is 4.90 Å². The molecule has 0 unspecified atom stereocenters. The zero-order valence-corrected chi connectivity index (χ0v) is 11.7. The van der Waals surface area contributed by atoms with Gasteiger partial charge in [-0.05, 0) is 42.8 Å². The third-order valence-corrected chi connectivity index (χ3v) is 4.13. The van der Waals surface area contributed by atoms with Gasteiger partial charge in [-0.15, -0.1) is 0 Å². The minimum atomic E-state index is -4.13. The molecule has 0 fully saturated rings. The Morgan fingerprint density at radius 2 is 1.76 bits per heavy atom. The topological polar surface area (TPSA) is 89.3 Å². The first kappa shape index (κ1) is 14.9. The highest BCUT2D eigenvalue weighted by Gasteiger charge is 2.25. The predicted octanol–water partition coefficient (Wildman–Crippen LogP) is 2.84. The second-order valence-corrected chi connectivity index (χ2v) is 5.99. The molecule has 0 aromatic heterocycles. The molecular weight excluding hydrogens is 299 g/mol. The summed E-state index contributed by atoms with van der Waals surface area (Å²) in [7, 11) is -4.13. The van der Waals surface area contributed by atoms with Gasteiger partial charge < -0.3 is 0 Å². The van der Waals surface area contributed by atoms with Crippen LogP contribution in [0, 0.1) is 22.9 Å². The van der Waals surface area contributed by atoms with Crippen molar-refractivity contribution in [2.45, 2.75) is 11.8 Å².